The van der Waals surface area contributed by atoms with E-state index in [1.54, 1.807) is 42.9 Å². The first kappa shape index (κ1) is 26.6. The summed E-state index contributed by atoms with van der Waals surface area (Å²) in [6.45, 7) is 3.70. The van der Waals surface area contributed by atoms with E-state index in [4.69, 9.17) is 9.47 Å². The Hall–Kier alpha value is -4.41. The number of hydrogen-bond donors (Lipinski definition) is 1. The summed E-state index contributed by atoms with van der Waals surface area (Å²) in [6, 6.07) is 8.63. The number of nitrogens with one attached hydrogen (secondary N) is 1. The molecule has 0 unspecified atom stereocenters. The van der Waals surface area contributed by atoms with Crippen LogP contribution in [0.25, 0.3) is 16.9 Å². The molecule has 4 aromatic rings. The molecule has 8 nitrogen and oxygen atoms in total. The Labute approximate surface area is 217 Å². The number of carbonyl (C=O) groups is 1. The standard InChI is InChI=1S/C27H26F3N5O3/c1-5-6-17-9-20(27(28,29)30)12-22(25(17)38-4)32-26(36)18-8-7-16(2)24(11-18)35-15-23(33-34-35)19-10-21(37-3)14-31-13-19/h7-15H,5-6H2,1-4H3,(H,32,36). The van der Waals surface area contributed by atoms with Crippen molar-refractivity contribution in [2.75, 3.05) is 19.5 Å². The lowest BCUT2D eigenvalue weighted by Crippen LogP contribution is -2.16. The molecule has 0 fully saturated rings. The van der Waals surface area contributed by atoms with E-state index in [0.717, 1.165) is 17.7 Å². The lowest BCUT2D eigenvalue weighted by atomic mass is 10.0. The van der Waals surface area contributed by atoms with Gasteiger partial charge in [0, 0.05) is 17.3 Å². The molecule has 0 saturated heterocycles. The molecule has 0 radical (unpaired) electrons. The van der Waals surface area contributed by atoms with Crippen LogP contribution in [-0.2, 0) is 12.6 Å². The van der Waals surface area contributed by atoms with E-state index < -0.39 is 17.6 Å². The summed E-state index contributed by atoms with van der Waals surface area (Å²) in [7, 11) is 2.90. The summed E-state index contributed by atoms with van der Waals surface area (Å²) in [5, 5.41) is 11.0. The Morgan fingerprint density at radius 1 is 1.08 bits per heavy atom. The third-order valence-electron chi connectivity index (χ3n) is 5.92. The number of anilines is 1. The van der Waals surface area contributed by atoms with E-state index in [1.807, 2.05) is 13.8 Å². The summed E-state index contributed by atoms with van der Waals surface area (Å²) in [5.41, 5.74) is 2.31. The van der Waals surface area contributed by atoms with Gasteiger partial charge in [-0.25, -0.2) is 4.68 Å². The van der Waals surface area contributed by atoms with Gasteiger partial charge in [0.1, 0.15) is 17.2 Å². The molecule has 1 amide bonds. The summed E-state index contributed by atoms with van der Waals surface area (Å²) >= 11 is 0. The maximum atomic E-state index is 13.6. The molecular formula is C27H26F3N5O3. The number of nitrogens with zero attached hydrogens (tertiary/aromatic N) is 4. The van der Waals surface area contributed by atoms with E-state index in [0.29, 0.717) is 41.1 Å². The van der Waals surface area contributed by atoms with Crippen molar-refractivity contribution in [3.63, 3.8) is 0 Å². The molecule has 0 saturated carbocycles. The molecule has 198 valence electrons. The zero-order valence-electron chi connectivity index (χ0n) is 21.3. The molecule has 1 N–H and O–H groups in total. The number of halogens is 3. The molecule has 0 atom stereocenters. The van der Waals surface area contributed by atoms with Gasteiger partial charge in [-0.15, -0.1) is 5.10 Å². The van der Waals surface area contributed by atoms with Crippen molar-refractivity contribution >= 4 is 11.6 Å². The van der Waals surface area contributed by atoms with E-state index >= 15 is 0 Å². The van der Waals surface area contributed by atoms with Gasteiger partial charge in [-0.2, -0.15) is 13.2 Å². The Morgan fingerprint density at radius 2 is 1.87 bits per heavy atom. The van der Waals surface area contributed by atoms with Crippen LogP contribution in [0.5, 0.6) is 11.5 Å². The number of ether oxygens (including phenoxy) is 2. The fourth-order valence-electron chi connectivity index (χ4n) is 4.02. The minimum atomic E-state index is -4.58. The Morgan fingerprint density at radius 3 is 2.55 bits per heavy atom. The zero-order chi connectivity index (χ0) is 27.4. The van der Waals surface area contributed by atoms with E-state index in [9.17, 15) is 18.0 Å². The van der Waals surface area contributed by atoms with Gasteiger partial charge < -0.3 is 14.8 Å². The molecule has 0 aliphatic rings. The van der Waals surface area contributed by atoms with Crippen LogP contribution in [-0.4, -0.2) is 40.1 Å². The van der Waals surface area contributed by atoms with Gasteiger partial charge in [0.25, 0.3) is 5.91 Å². The number of hydrogen-bond acceptors (Lipinski definition) is 6. The van der Waals surface area contributed by atoms with Gasteiger partial charge in [0.2, 0.25) is 0 Å². The van der Waals surface area contributed by atoms with E-state index in [2.05, 4.69) is 20.6 Å². The molecule has 4 rings (SSSR count). The van der Waals surface area contributed by atoms with Gasteiger partial charge in [-0.1, -0.05) is 24.6 Å². The van der Waals surface area contributed by atoms with Crippen molar-refractivity contribution in [3.05, 3.63) is 77.2 Å². The average molecular weight is 526 g/mol. The van der Waals surface area contributed by atoms with Crippen molar-refractivity contribution in [1.29, 1.82) is 0 Å². The molecule has 0 spiro atoms. The highest BCUT2D eigenvalue weighted by Gasteiger charge is 2.32. The number of carbonyl (C=O) groups excluding carboxylic acids is 1. The third-order valence-corrected chi connectivity index (χ3v) is 5.92. The largest absolute Gasteiger partial charge is 0.495 e. The summed E-state index contributed by atoms with van der Waals surface area (Å²) in [6.07, 6.45) is 1.29. The van der Waals surface area contributed by atoms with Crippen molar-refractivity contribution in [2.45, 2.75) is 32.9 Å². The van der Waals surface area contributed by atoms with Crippen LogP contribution < -0.4 is 14.8 Å². The molecule has 0 bridgehead atoms. The number of pyridine rings is 1. The first-order chi connectivity index (χ1) is 18.1. The second-order valence-corrected chi connectivity index (χ2v) is 8.58. The van der Waals surface area contributed by atoms with Gasteiger partial charge in [0.15, 0.2) is 0 Å². The van der Waals surface area contributed by atoms with Crippen LogP contribution >= 0.6 is 0 Å². The van der Waals surface area contributed by atoms with E-state index in [-0.39, 0.29) is 17.0 Å². The lowest BCUT2D eigenvalue weighted by molar-refractivity contribution is -0.137. The molecule has 11 heteroatoms. The molecule has 38 heavy (non-hydrogen) atoms. The minimum absolute atomic E-state index is 0.0496. The number of methoxy groups -OCH3 is 2. The average Bonchev–Trinajstić information content (AvgIpc) is 3.38. The quantitative estimate of drug-likeness (QED) is 0.309. The van der Waals surface area contributed by atoms with Gasteiger partial charge in [0.05, 0.1) is 43.6 Å². The predicted molar refractivity (Wildman–Crippen MR) is 136 cm³/mol. The van der Waals surface area contributed by atoms with Crippen LogP contribution in [0.4, 0.5) is 18.9 Å². The first-order valence-electron chi connectivity index (χ1n) is 11.8. The minimum Gasteiger partial charge on any atom is -0.495 e. The van der Waals surface area contributed by atoms with Crippen molar-refractivity contribution in [1.82, 2.24) is 20.0 Å². The smallest absolute Gasteiger partial charge is 0.416 e. The first-order valence-corrected chi connectivity index (χ1v) is 11.8. The number of amides is 1. The molecular weight excluding hydrogens is 499 g/mol. The van der Waals surface area contributed by atoms with Crippen LogP contribution in [0, 0.1) is 6.92 Å². The maximum Gasteiger partial charge on any atom is 0.416 e. The molecule has 2 heterocycles. The summed E-state index contributed by atoms with van der Waals surface area (Å²) in [4.78, 5) is 17.3. The fourth-order valence-corrected chi connectivity index (χ4v) is 4.02. The number of benzene rings is 2. The highest BCUT2D eigenvalue weighted by Crippen LogP contribution is 2.38. The van der Waals surface area contributed by atoms with Crippen molar-refractivity contribution in [2.24, 2.45) is 0 Å². The number of rotatable bonds is 8. The van der Waals surface area contributed by atoms with Gasteiger partial charge >= 0.3 is 6.18 Å². The number of aryl methyl sites for hydroxylation is 2. The van der Waals surface area contributed by atoms with Gasteiger partial charge in [-0.3, -0.25) is 9.78 Å². The second kappa shape index (κ2) is 10.9. The van der Waals surface area contributed by atoms with Crippen LogP contribution in [0.15, 0.2) is 55.0 Å². The summed E-state index contributed by atoms with van der Waals surface area (Å²) in [5.74, 6) is 0.177. The highest BCUT2D eigenvalue weighted by atomic mass is 19.4. The second-order valence-electron chi connectivity index (χ2n) is 8.58. The monoisotopic (exact) mass is 525 g/mol. The Bertz CT molecular complexity index is 1470. The third kappa shape index (κ3) is 5.61. The molecule has 2 aromatic heterocycles. The maximum absolute atomic E-state index is 13.6. The lowest BCUT2D eigenvalue weighted by Gasteiger charge is -2.18. The molecule has 0 aliphatic carbocycles. The number of aromatic nitrogens is 4. The predicted octanol–water partition coefficient (Wildman–Crippen LogP) is 5.88. The SMILES string of the molecule is CCCc1cc(C(F)(F)F)cc(NC(=O)c2ccc(C)c(-n3cc(-c4cncc(OC)c4)nn3)c2)c1OC. The fraction of sp³-hybridized carbons (Fsp3) is 0.259. The van der Waals surface area contributed by atoms with Crippen LogP contribution in [0.3, 0.4) is 0 Å². The Balaban J connectivity index is 1.67. The molecule has 0 aliphatic heterocycles. The molecule has 2 aromatic carbocycles. The Kier molecular flexibility index (Phi) is 7.65. The van der Waals surface area contributed by atoms with Crippen LogP contribution in [0.2, 0.25) is 0 Å². The van der Waals surface area contributed by atoms with E-state index in [1.165, 1.54) is 18.9 Å². The van der Waals surface area contributed by atoms with Crippen molar-refractivity contribution < 1.29 is 27.4 Å². The summed E-state index contributed by atoms with van der Waals surface area (Å²) < 4.78 is 52.8. The zero-order valence-corrected chi connectivity index (χ0v) is 21.3. The van der Waals surface area contributed by atoms with Crippen molar-refractivity contribution in [3.8, 4) is 28.4 Å². The topological polar surface area (TPSA) is 91.2 Å². The van der Waals surface area contributed by atoms with Gasteiger partial charge in [-0.05, 0) is 54.8 Å². The van der Waals surface area contributed by atoms with Crippen LogP contribution in [0.1, 0.15) is 40.4 Å². The number of alkyl halides is 3. The normalized spacial score (nSPS) is 11.3. The highest BCUT2D eigenvalue weighted by molar-refractivity contribution is 6.05.